The second-order valence-electron chi connectivity index (χ2n) is 3.11. The Hall–Kier alpha value is -1.40. The van der Waals surface area contributed by atoms with Crippen LogP contribution in [0.15, 0.2) is 6.07 Å². The number of amides is 1. The van der Waals surface area contributed by atoms with Crippen molar-refractivity contribution in [1.82, 2.24) is 0 Å². The summed E-state index contributed by atoms with van der Waals surface area (Å²) in [5.74, 6) is -0.932. The molecule has 0 unspecified atom stereocenters. The number of ether oxygens (including phenoxy) is 1. The van der Waals surface area contributed by atoms with E-state index in [1.165, 1.54) is 20.1 Å². The number of aldehydes is 1. The molecule has 0 spiro atoms. The van der Waals surface area contributed by atoms with Crippen LogP contribution in [0.1, 0.15) is 17.3 Å². The summed E-state index contributed by atoms with van der Waals surface area (Å²) >= 11 is 6.83. The predicted molar refractivity (Wildman–Crippen MR) is 64.8 cm³/mol. The van der Waals surface area contributed by atoms with Crippen LogP contribution in [0.5, 0.6) is 0 Å². The first-order valence-corrected chi connectivity index (χ1v) is 5.78. The number of nitrogens with zero attached hydrogens (tertiary/aromatic N) is 1. The van der Waals surface area contributed by atoms with Crippen LogP contribution in [0, 0.1) is 0 Å². The Balaban J connectivity index is 3.08. The average Bonchev–Trinajstić information content (AvgIpc) is 2.66. The lowest BCUT2D eigenvalue weighted by Gasteiger charge is -2.18. The van der Waals surface area contributed by atoms with Gasteiger partial charge in [-0.15, -0.1) is 11.3 Å². The molecule has 0 fully saturated rings. The van der Waals surface area contributed by atoms with Crippen LogP contribution in [-0.4, -0.2) is 31.8 Å². The molecule has 0 N–H and O–H groups in total. The maximum atomic E-state index is 11.4. The van der Waals surface area contributed by atoms with Crippen molar-refractivity contribution < 1.29 is 19.1 Å². The summed E-state index contributed by atoms with van der Waals surface area (Å²) < 4.78 is 4.86. The molecule has 0 saturated heterocycles. The van der Waals surface area contributed by atoms with Gasteiger partial charge in [0.15, 0.2) is 6.29 Å². The van der Waals surface area contributed by atoms with Crippen LogP contribution in [0.25, 0.3) is 0 Å². The Kier molecular flexibility index (Phi) is 4.65. The third-order valence-electron chi connectivity index (χ3n) is 1.98. The van der Waals surface area contributed by atoms with Crippen LogP contribution < -0.4 is 4.90 Å². The number of halogens is 1. The first-order chi connectivity index (χ1) is 7.99. The molecular formula is C10H10ClNO4S. The van der Waals surface area contributed by atoms with Crippen molar-refractivity contribution in [3.63, 3.8) is 0 Å². The van der Waals surface area contributed by atoms with E-state index < -0.39 is 5.97 Å². The van der Waals surface area contributed by atoms with Crippen LogP contribution in [0.4, 0.5) is 5.00 Å². The largest absolute Gasteiger partial charge is 0.468 e. The topological polar surface area (TPSA) is 63.7 Å². The number of thiophene rings is 1. The molecule has 0 saturated carbocycles. The molecule has 92 valence electrons. The fourth-order valence-electron chi connectivity index (χ4n) is 1.18. The molecule has 1 aromatic heterocycles. The zero-order chi connectivity index (χ0) is 13.0. The molecule has 0 aliphatic rings. The van der Waals surface area contributed by atoms with Gasteiger partial charge in [0.25, 0.3) is 0 Å². The SMILES string of the molecule is COC(=O)CN(C(C)=O)c1sc(Cl)cc1C=O. The Bertz CT molecular complexity index is 457. The molecule has 0 bridgehead atoms. The lowest BCUT2D eigenvalue weighted by molar-refractivity contribution is -0.139. The van der Waals surface area contributed by atoms with Crippen LogP contribution in [0.2, 0.25) is 4.34 Å². The van der Waals surface area contributed by atoms with Gasteiger partial charge in [0, 0.05) is 6.92 Å². The molecule has 0 aromatic carbocycles. The highest BCUT2D eigenvalue weighted by atomic mass is 35.5. The van der Waals surface area contributed by atoms with E-state index in [1.54, 1.807) is 0 Å². The first-order valence-electron chi connectivity index (χ1n) is 4.59. The minimum Gasteiger partial charge on any atom is -0.468 e. The van der Waals surface area contributed by atoms with Gasteiger partial charge in [0.1, 0.15) is 11.5 Å². The van der Waals surface area contributed by atoms with E-state index in [-0.39, 0.29) is 18.0 Å². The third kappa shape index (κ3) is 3.28. The number of anilines is 1. The molecular weight excluding hydrogens is 266 g/mol. The normalized spacial score (nSPS) is 9.82. The number of hydrogen-bond acceptors (Lipinski definition) is 5. The number of rotatable bonds is 4. The first kappa shape index (κ1) is 13.7. The van der Waals surface area contributed by atoms with E-state index >= 15 is 0 Å². The monoisotopic (exact) mass is 275 g/mol. The van der Waals surface area contributed by atoms with E-state index in [4.69, 9.17) is 11.6 Å². The van der Waals surface area contributed by atoms with Gasteiger partial charge in [-0.05, 0) is 6.07 Å². The number of hydrogen-bond donors (Lipinski definition) is 0. The van der Waals surface area contributed by atoms with Gasteiger partial charge in [-0.25, -0.2) is 0 Å². The molecule has 1 aromatic rings. The van der Waals surface area contributed by atoms with Gasteiger partial charge in [-0.2, -0.15) is 0 Å². The summed E-state index contributed by atoms with van der Waals surface area (Å²) in [6.07, 6.45) is 0.588. The molecule has 5 nitrogen and oxygen atoms in total. The summed E-state index contributed by atoms with van der Waals surface area (Å²) in [7, 11) is 1.22. The van der Waals surface area contributed by atoms with Crippen molar-refractivity contribution in [2.24, 2.45) is 0 Å². The third-order valence-corrected chi connectivity index (χ3v) is 3.28. The van der Waals surface area contributed by atoms with Gasteiger partial charge in [-0.1, -0.05) is 11.6 Å². The second-order valence-corrected chi connectivity index (χ2v) is 4.77. The summed E-state index contributed by atoms with van der Waals surface area (Å²) in [4.78, 5) is 34.6. The highest BCUT2D eigenvalue weighted by Crippen LogP contribution is 2.33. The minimum atomic E-state index is -0.568. The average molecular weight is 276 g/mol. The van der Waals surface area contributed by atoms with Gasteiger partial charge < -0.3 is 4.74 Å². The van der Waals surface area contributed by atoms with Crippen molar-refractivity contribution in [3.05, 3.63) is 16.0 Å². The summed E-state index contributed by atoms with van der Waals surface area (Å²) in [6, 6.07) is 1.45. The van der Waals surface area contributed by atoms with Crippen LogP contribution >= 0.6 is 22.9 Å². The molecule has 17 heavy (non-hydrogen) atoms. The molecule has 7 heteroatoms. The predicted octanol–water partition coefficient (Wildman–Crippen LogP) is 1.74. The molecule has 1 heterocycles. The number of carbonyl (C=O) groups is 3. The van der Waals surface area contributed by atoms with Crippen molar-refractivity contribution >= 4 is 46.1 Å². The van der Waals surface area contributed by atoms with E-state index in [1.807, 2.05) is 0 Å². The maximum absolute atomic E-state index is 11.4. The van der Waals surface area contributed by atoms with Gasteiger partial charge in [0.2, 0.25) is 5.91 Å². The highest BCUT2D eigenvalue weighted by Gasteiger charge is 2.21. The van der Waals surface area contributed by atoms with Gasteiger partial charge in [-0.3, -0.25) is 19.3 Å². The van der Waals surface area contributed by atoms with Crippen LogP contribution in [-0.2, 0) is 14.3 Å². The summed E-state index contributed by atoms with van der Waals surface area (Å²) in [5.41, 5.74) is 0.277. The quantitative estimate of drug-likeness (QED) is 0.620. The standard InChI is InChI=1S/C10H10ClNO4S/c1-6(14)12(4-9(15)16-2)10-7(5-13)3-8(11)17-10/h3,5H,4H2,1-2H3. The zero-order valence-corrected chi connectivity index (χ0v) is 10.8. The van der Waals surface area contributed by atoms with Crippen molar-refractivity contribution in [2.45, 2.75) is 6.92 Å². The molecule has 0 atom stereocenters. The van der Waals surface area contributed by atoms with Crippen molar-refractivity contribution in [1.29, 1.82) is 0 Å². The van der Waals surface area contributed by atoms with Crippen LogP contribution in [0.3, 0.4) is 0 Å². The fourth-order valence-corrected chi connectivity index (χ4v) is 2.42. The fraction of sp³-hybridized carbons (Fsp3) is 0.300. The Morgan fingerprint density at radius 3 is 2.71 bits per heavy atom. The number of esters is 1. The summed E-state index contributed by atoms with van der Waals surface area (Å²) in [6.45, 7) is 1.05. The van der Waals surface area contributed by atoms with E-state index in [0.29, 0.717) is 15.6 Å². The number of carbonyl (C=O) groups excluding carboxylic acids is 3. The lowest BCUT2D eigenvalue weighted by Crippen LogP contribution is -2.34. The molecule has 0 radical (unpaired) electrons. The van der Waals surface area contributed by atoms with E-state index in [2.05, 4.69) is 4.74 Å². The lowest BCUT2D eigenvalue weighted by atomic mass is 10.3. The molecule has 0 aliphatic heterocycles. The summed E-state index contributed by atoms with van der Waals surface area (Å²) in [5, 5.41) is 0.350. The Labute approximate surface area is 107 Å². The Morgan fingerprint density at radius 2 is 2.24 bits per heavy atom. The van der Waals surface area contributed by atoms with Gasteiger partial charge in [0.05, 0.1) is 17.0 Å². The smallest absolute Gasteiger partial charge is 0.325 e. The number of methoxy groups -OCH3 is 1. The van der Waals surface area contributed by atoms with E-state index in [0.717, 1.165) is 16.2 Å². The molecule has 1 rings (SSSR count). The zero-order valence-electron chi connectivity index (χ0n) is 9.23. The van der Waals surface area contributed by atoms with Crippen molar-refractivity contribution in [3.8, 4) is 0 Å². The van der Waals surface area contributed by atoms with E-state index in [9.17, 15) is 14.4 Å². The Morgan fingerprint density at radius 1 is 1.59 bits per heavy atom. The molecule has 1 amide bonds. The second kappa shape index (κ2) is 5.79. The highest BCUT2D eigenvalue weighted by molar-refractivity contribution is 7.20. The maximum Gasteiger partial charge on any atom is 0.325 e. The van der Waals surface area contributed by atoms with Crippen molar-refractivity contribution in [2.75, 3.05) is 18.6 Å². The van der Waals surface area contributed by atoms with Gasteiger partial charge >= 0.3 is 5.97 Å². The minimum absolute atomic E-state index is 0.247. The molecule has 0 aliphatic carbocycles.